The Morgan fingerprint density at radius 1 is 0.760 bits per heavy atom. The van der Waals surface area contributed by atoms with Gasteiger partial charge in [-0.3, -0.25) is 0 Å². The maximum absolute atomic E-state index is 12.1. The number of rotatable bonds is 4. The molecule has 0 saturated carbocycles. The first kappa shape index (κ1) is 21.4. The van der Waals surface area contributed by atoms with Crippen molar-refractivity contribution in [2.24, 2.45) is 13.8 Å². The van der Waals surface area contributed by atoms with Crippen molar-refractivity contribution in [1.29, 1.82) is 0 Å². The summed E-state index contributed by atoms with van der Waals surface area (Å²) >= 11 is 0. The molecule has 1 aliphatic rings. The van der Waals surface area contributed by atoms with Gasteiger partial charge in [-0.2, -0.15) is 43.7 Å². The second-order valence-electron chi connectivity index (χ2n) is 3.99. The summed E-state index contributed by atoms with van der Waals surface area (Å²) in [5, 5.41) is 0. The van der Waals surface area contributed by atoms with Gasteiger partial charge in [0.25, 0.3) is 0 Å². The van der Waals surface area contributed by atoms with Gasteiger partial charge in [-0.25, -0.2) is 0 Å². The van der Waals surface area contributed by atoms with Crippen LogP contribution in [0.5, 0.6) is 0 Å². The Balaban J connectivity index is 3.00. The number of nitrogens with zero attached hydrogens (tertiary/aromatic N) is 3. The number of hydrogen-bond acceptors (Lipinski definition) is 7. The minimum Gasteiger partial charge on any atom is -0.579 e. The van der Waals surface area contributed by atoms with Gasteiger partial charge in [0.15, 0.2) is 19.8 Å². The molecule has 1 rings (SSSR count). The highest BCUT2D eigenvalue weighted by Crippen LogP contribution is 2.23. The fraction of sp³-hybridized carbons (Fsp3) is 0.750. The topological polar surface area (TPSA) is 87.8 Å². The molecule has 0 bridgehead atoms. The van der Waals surface area contributed by atoms with Crippen LogP contribution in [0.25, 0.3) is 0 Å². The highest BCUT2D eigenvalue weighted by atomic mass is 32.3. The van der Waals surface area contributed by atoms with E-state index in [0.717, 1.165) is 0 Å². The van der Waals surface area contributed by atoms with Crippen molar-refractivity contribution in [3.63, 3.8) is 0 Å². The Bertz CT molecular complexity index is 576. The fourth-order valence-electron chi connectivity index (χ4n) is 0.947. The van der Waals surface area contributed by atoms with E-state index in [1.807, 2.05) is 0 Å². The third-order valence-electron chi connectivity index (χ3n) is 1.68. The Morgan fingerprint density at radius 3 is 1.64 bits per heavy atom. The summed E-state index contributed by atoms with van der Waals surface area (Å²) < 4.78 is 137. The Kier molecular flexibility index (Phi) is 6.27. The third kappa shape index (κ3) is 9.44. The Hall–Kier alpha value is -1.62. The summed E-state index contributed by atoms with van der Waals surface area (Å²) in [6.45, 7) is -6.36. The standard InChI is InChI=1S/C8H6F9N3O4S/c9-6(10,11)1-22-4-18-5(23-2-7(12,13)14)20-25(21,19-4)24-3-8(15,16)17/h1-3H2. The number of hydrogen-bond donors (Lipinski definition) is 0. The van der Waals surface area contributed by atoms with E-state index in [2.05, 4.69) is 27.4 Å². The lowest BCUT2D eigenvalue weighted by molar-refractivity contribution is -0.156. The van der Waals surface area contributed by atoms with Gasteiger partial charge in [-0.05, 0) is 0 Å². The zero-order valence-electron chi connectivity index (χ0n) is 11.4. The summed E-state index contributed by atoms with van der Waals surface area (Å²) in [5.41, 5.74) is 0. The molecule has 0 spiro atoms. The van der Waals surface area contributed by atoms with Crippen LogP contribution in [0.1, 0.15) is 0 Å². The van der Waals surface area contributed by atoms with E-state index in [4.69, 9.17) is 0 Å². The van der Waals surface area contributed by atoms with E-state index in [1.54, 1.807) is 0 Å². The largest absolute Gasteiger partial charge is 0.579 e. The number of alkyl halides is 9. The molecule has 0 aliphatic carbocycles. The van der Waals surface area contributed by atoms with E-state index in [1.165, 1.54) is 0 Å². The summed E-state index contributed by atoms with van der Waals surface area (Å²) in [4.78, 5) is 2.84. The zero-order chi connectivity index (χ0) is 19.5. The molecule has 0 radical (unpaired) electrons. The molecule has 0 amide bonds. The van der Waals surface area contributed by atoms with Gasteiger partial charge in [-0.15, -0.1) is 4.99 Å². The minimum absolute atomic E-state index is 1.48. The third-order valence-corrected chi connectivity index (χ3v) is 2.88. The second kappa shape index (κ2) is 7.32. The predicted molar refractivity (Wildman–Crippen MR) is 61.5 cm³/mol. The summed E-state index contributed by atoms with van der Waals surface area (Å²) in [6.07, 6.45) is -14.9. The van der Waals surface area contributed by atoms with Crippen molar-refractivity contribution in [3.05, 3.63) is 0 Å². The maximum atomic E-state index is 12.1. The average Bonchev–Trinajstić information content (AvgIpc) is 2.38. The SMILES string of the molecule is [O-][S+]1(OCC(F)(F)F)=NC(OCC(F)(F)F)=NC(OCC(F)(F)F)=N1. The van der Waals surface area contributed by atoms with E-state index in [-0.39, 0.29) is 0 Å². The van der Waals surface area contributed by atoms with Crippen LogP contribution in [0.15, 0.2) is 13.8 Å². The quantitative estimate of drug-likeness (QED) is 0.526. The van der Waals surface area contributed by atoms with Gasteiger partial charge in [0.05, 0.1) is 0 Å². The molecule has 0 saturated heterocycles. The zero-order valence-corrected chi connectivity index (χ0v) is 12.2. The van der Waals surface area contributed by atoms with Crippen molar-refractivity contribution in [2.45, 2.75) is 18.5 Å². The summed E-state index contributed by atoms with van der Waals surface area (Å²) in [7, 11) is -4.78. The van der Waals surface area contributed by atoms with E-state index in [9.17, 15) is 44.1 Å². The van der Waals surface area contributed by atoms with Crippen LogP contribution in [-0.4, -0.2) is 54.9 Å². The van der Waals surface area contributed by atoms with Gasteiger partial charge < -0.3 is 14.0 Å². The van der Waals surface area contributed by atoms with Gasteiger partial charge in [-0.1, -0.05) is 0 Å². The lowest BCUT2D eigenvalue weighted by Gasteiger charge is -2.19. The Morgan fingerprint density at radius 2 is 1.20 bits per heavy atom. The van der Waals surface area contributed by atoms with E-state index < -0.39 is 61.0 Å². The van der Waals surface area contributed by atoms with Crippen molar-refractivity contribution < 1.29 is 57.7 Å². The van der Waals surface area contributed by atoms with Crippen LogP contribution in [0, 0.1) is 0 Å². The van der Waals surface area contributed by atoms with Crippen molar-refractivity contribution >= 4 is 22.6 Å². The molecule has 25 heavy (non-hydrogen) atoms. The molecule has 17 heteroatoms. The van der Waals surface area contributed by atoms with E-state index >= 15 is 0 Å². The van der Waals surface area contributed by atoms with Crippen molar-refractivity contribution in [1.82, 2.24) is 0 Å². The van der Waals surface area contributed by atoms with Crippen LogP contribution in [-0.2, 0) is 24.2 Å². The molecule has 7 nitrogen and oxygen atoms in total. The molecule has 0 aromatic rings. The number of amidine groups is 2. The van der Waals surface area contributed by atoms with Crippen LogP contribution in [0.3, 0.4) is 0 Å². The van der Waals surface area contributed by atoms with Crippen LogP contribution >= 0.6 is 0 Å². The smallest absolute Gasteiger partial charge is 0.422 e. The molecule has 0 fully saturated rings. The first-order valence-electron chi connectivity index (χ1n) is 5.63. The molecular formula is C8H6F9N3O4S. The fourth-order valence-corrected chi connectivity index (χ4v) is 1.96. The molecular weight excluding hydrogens is 405 g/mol. The number of halogens is 9. The monoisotopic (exact) mass is 411 g/mol. The van der Waals surface area contributed by atoms with Crippen LogP contribution in [0.2, 0.25) is 0 Å². The molecule has 0 N–H and O–H groups in total. The normalized spacial score (nSPS) is 22.0. The molecule has 0 aromatic carbocycles. The van der Waals surface area contributed by atoms with Gasteiger partial charge in [0, 0.05) is 8.76 Å². The summed E-state index contributed by atoms with van der Waals surface area (Å²) in [5.74, 6) is 0. The number of aliphatic imine (C=N–C) groups is 1. The number of ether oxygens (including phenoxy) is 2. The minimum atomic E-state index is -5.04. The van der Waals surface area contributed by atoms with Crippen LogP contribution in [0.4, 0.5) is 39.5 Å². The van der Waals surface area contributed by atoms with Gasteiger partial charge in [0.2, 0.25) is 10.6 Å². The Labute approximate surface area is 133 Å². The molecule has 0 aromatic heterocycles. The first-order chi connectivity index (χ1) is 11.1. The molecule has 146 valence electrons. The molecule has 1 unspecified atom stereocenters. The van der Waals surface area contributed by atoms with Crippen molar-refractivity contribution in [3.8, 4) is 0 Å². The second-order valence-corrected chi connectivity index (χ2v) is 5.49. The lowest BCUT2D eigenvalue weighted by atomic mass is 10.7. The average molecular weight is 411 g/mol. The van der Waals surface area contributed by atoms with E-state index in [0.29, 0.717) is 0 Å². The van der Waals surface area contributed by atoms with Gasteiger partial charge in [0.1, 0.15) is 0 Å². The van der Waals surface area contributed by atoms with Crippen LogP contribution < -0.4 is 0 Å². The summed E-state index contributed by atoms with van der Waals surface area (Å²) in [6, 6.07) is -2.95. The van der Waals surface area contributed by atoms with Gasteiger partial charge >= 0.3 is 30.6 Å². The highest BCUT2D eigenvalue weighted by molar-refractivity contribution is 7.94. The first-order valence-corrected chi connectivity index (χ1v) is 7.03. The molecule has 1 aliphatic heterocycles. The van der Waals surface area contributed by atoms with Crippen molar-refractivity contribution in [2.75, 3.05) is 19.8 Å². The predicted octanol–water partition coefficient (Wildman–Crippen LogP) is 2.75. The highest BCUT2D eigenvalue weighted by Gasteiger charge is 2.37. The molecule has 1 atom stereocenters. The lowest BCUT2D eigenvalue weighted by Crippen LogP contribution is -2.30. The maximum Gasteiger partial charge on any atom is 0.422 e. The molecule has 1 heterocycles.